The highest BCUT2D eigenvalue weighted by Crippen LogP contribution is 2.34. The molecular formula is C17H19N3O7S2. The summed E-state index contributed by atoms with van der Waals surface area (Å²) in [4.78, 5) is 54.1. The Morgan fingerprint density at radius 1 is 1.34 bits per heavy atom. The van der Waals surface area contributed by atoms with Gasteiger partial charge in [-0.3, -0.25) is 9.59 Å². The Morgan fingerprint density at radius 3 is 2.69 bits per heavy atom. The Hall–Kier alpha value is -2.86. The first-order valence-corrected chi connectivity index (χ1v) is 10.2. The molecule has 0 spiro atoms. The van der Waals surface area contributed by atoms with Gasteiger partial charge in [0.25, 0.3) is 5.56 Å². The number of anilines is 1. The smallest absolute Gasteiger partial charge is 0.348 e. The summed E-state index contributed by atoms with van der Waals surface area (Å²) in [5.41, 5.74) is -0.0419. The SMILES string of the molecule is CCOC(=O)c1sc(NC(=O)CCSc2nc(O)cc(=O)[nH]2)c(C(=O)OC)c1C. The number of carbonyl (C=O) groups excluding carboxylic acids is 3. The lowest BCUT2D eigenvalue weighted by atomic mass is 10.1. The molecule has 1 amide bonds. The van der Waals surface area contributed by atoms with E-state index in [-0.39, 0.29) is 39.4 Å². The molecule has 0 atom stereocenters. The molecule has 12 heteroatoms. The number of carbonyl (C=O) groups is 3. The molecule has 10 nitrogen and oxygen atoms in total. The van der Waals surface area contributed by atoms with Crippen LogP contribution in [0.2, 0.25) is 0 Å². The van der Waals surface area contributed by atoms with Gasteiger partial charge in [-0.15, -0.1) is 11.3 Å². The lowest BCUT2D eigenvalue weighted by Crippen LogP contribution is -2.15. The van der Waals surface area contributed by atoms with Gasteiger partial charge >= 0.3 is 11.9 Å². The number of amides is 1. The third-order valence-corrected chi connectivity index (χ3v) is 5.59. The minimum atomic E-state index is -0.680. The van der Waals surface area contributed by atoms with Crippen molar-refractivity contribution in [2.45, 2.75) is 25.4 Å². The van der Waals surface area contributed by atoms with Crippen LogP contribution in [0.1, 0.15) is 38.9 Å². The number of nitrogens with one attached hydrogen (secondary N) is 2. The molecule has 3 N–H and O–H groups in total. The zero-order valence-electron chi connectivity index (χ0n) is 15.9. The normalized spacial score (nSPS) is 10.4. The minimum Gasteiger partial charge on any atom is -0.493 e. The van der Waals surface area contributed by atoms with Crippen LogP contribution < -0.4 is 10.9 Å². The molecule has 29 heavy (non-hydrogen) atoms. The lowest BCUT2D eigenvalue weighted by molar-refractivity contribution is -0.115. The van der Waals surface area contributed by atoms with Gasteiger partial charge in [0.05, 0.1) is 25.3 Å². The number of aromatic amines is 1. The van der Waals surface area contributed by atoms with E-state index in [1.54, 1.807) is 13.8 Å². The number of rotatable bonds is 8. The average Bonchev–Trinajstić information content (AvgIpc) is 2.96. The van der Waals surface area contributed by atoms with Crippen molar-refractivity contribution in [3.63, 3.8) is 0 Å². The van der Waals surface area contributed by atoms with Gasteiger partial charge in [-0.25, -0.2) is 9.59 Å². The zero-order valence-corrected chi connectivity index (χ0v) is 17.5. The topological polar surface area (TPSA) is 148 Å². The fourth-order valence-corrected chi connectivity index (χ4v) is 4.18. The van der Waals surface area contributed by atoms with Gasteiger partial charge in [0, 0.05) is 12.2 Å². The van der Waals surface area contributed by atoms with E-state index in [0.29, 0.717) is 5.56 Å². The number of H-pyrrole nitrogens is 1. The van der Waals surface area contributed by atoms with Crippen LogP contribution in [-0.2, 0) is 14.3 Å². The van der Waals surface area contributed by atoms with Crippen molar-refractivity contribution in [1.82, 2.24) is 9.97 Å². The van der Waals surface area contributed by atoms with Gasteiger partial charge in [0.1, 0.15) is 9.88 Å². The molecule has 0 aromatic carbocycles. The second-order valence-corrected chi connectivity index (χ2v) is 7.63. The van der Waals surface area contributed by atoms with Crippen LogP contribution in [0.5, 0.6) is 5.88 Å². The number of aromatic nitrogens is 2. The first kappa shape index (κ1) is 22.4. The molecule has 0 unspecified atom stereocenters. The van der Waals surface area contributed by atoms with Crippen LogP contribution in [0.25, 0.3) is 0 Å². The number of aromatic hydroxyl groups is 1. The molecule has 2 aromatic heterocycles. The maximum Gasteiger partial charge on any atom is 0.348 e. The van der Waals surface area contributed by atoms with Crippen LogP contribution in [0.3, 0.4) is 0 Å². The van der Waals surface area contributed by atoms with Crippen LogP contribution in [0.4, 0.5) is 5.00 Å². The summed E-state index contributed by atoms with van der Waals surface area (Å²) >= 11 is 2.01. The summed E-state index contributed by atoms with van der Waals surface area (Å²) < 4.78 is 9.72. The molecule has 0 bridgehead atoms. The Bertz CT molecular complexity index is 984. The highest BCUT2D eigenvalue weighted by Gasteiger charge is 2.26. The van der Waals surface area contributed by atoms with Crippen LogP contribution in [-0.4, -0.2) is 52.4 Å². The summed E-state index contributed by atoms with van der Waals surface area (Å²) in [5, 5.41) is 12.3. The summed E-state index contributed by atoms with van der Waals surface area (Å²) in [7, 11) is 1.20. The standard InChI is InChI=1S/C17H19N3O7S2/c1-4-27-16(25)13-8(2)12(15(24)26-3)14(29-13)18-9(21)5-6-28-17-19-10(22)7-11(23)20-17/h7H,4-6H2,1-3H3,(H,18,21)(H2,19,20,22,23). The largest absolute Gasteiger partial charge is 0.493 e. The number of hydrogen-bond donors (Lipinski definition) is 3. The summed E-state index contributed by atoms with van der Waals surface area (Å²) in [5.74, 6) is -1.85. The fourth-order valence-electron chi connectivity index (χ4n) is 2.26. The van der Waals surface area contributed by atoms with Crippen LogP contribution in [0, 0.1) is 6.92 Å². The number of thioether (sulfide) groups is 1. The molecular weight excluding hydrogens is 422 g/mol. The van der Waals surface area contributed by atoms with Crippen LogP contribution in [0.15, 0.2) is 16.0 Å². The maximum absolute atomic E-state index is 12.3. The minimum absolute atomic E-state index is 0.0241. The first-order chi connectivity index (χ1) is 13.8. The van der Waals surface area contributed by atoms with E-state index in [1.165, 1.54) is 7.11 Å². The number of ether oxygens (including phenoxy) is 2. The van der Waals surface area contributed by atoms with Crippen molar-refractivity contribution in [1.29, 1.82) is 0 Å². The Balaban J connectivity index is 2.10. The van der Waals surface area contributed by atoms with Gasteiger partial charge in [0.15, 0.2) is 5.16 Å². The van der Waals surface area contributed by atoms with Gasteiger partial charge in [-0.2, -0.15) is 4.98 Å². The highest BCUT2D eigenvalue weighted by atomic mass is 32.2. The van der Waals surface area contributed by atoms with Crippen molar-refractivity contribution in [3.8, 4) is 5.88 Å². The van der Waals surface area contributed by atoms with E-state index < -0.39 is 29.3 Å². The zero-order chi connectivity index (χ0) is 21.6. The lowest BCUT2D eigenvalue weighted by Gasteiger charge is -2.06. The van der Waals surface area contributed by atoms with Crippen LogP contribution >= 0.6 is 23.1 Å². The summed E-state index contributed by atoms with van der Waals surface area (Å²) in [6, 6.07) is 0.936. The summed E-state index contributed by atoms with van der Waals surface area (Å²) in [6.07, 6.45) is 0.0241. The number of thiophene rings is 1. The molecule has 0 aliphatic heterocycles. The second-order valence-electron chi connectivity index (χ2n) is 5.53. The molecule has 0 saturated carbocycles. The number of methoxy groups -OCH3 is 1. The molecule has 0 fully saturated rings. The predicted molar refractivity (Wildman–Crippen MR) is 107 cm³/mol. The quantitative estimate of drug-likeness (QED) is 0.317. The number of esters is 2. The Kier molecular flexibility index (Phi) is 7.79. The molecule has 0 aliphatic rings. The first-order valence-electron chi connectivity index (χ1n) is 8.38. The van der Waals surface area contributed by atoms with Crippen molar-refractivity contribution in [2.75, 3.05) is 24.8 Å². The molecule has 2 rings (SSSR count). The molecule has 2 heterocycles. The Morgan fingerprint density at radius 2 is 2.07 bits per heavy atom. The monoisotopic (exact) mass is 441 g/mol. The van der Waals surface area contributed by atoms with Gasteiger partial charge in [-0.1, -0.05) is 11.8 Å². The summed E-state index contributed by atoms with van der Waals surface area (Å²) in [6.45, 7) is 3.41. The third-order valence-electron chi connectivity index (χ3n) is 3.52. The second kappa shape index (κ2) is 10.1. The molecule has 0 aliphatic carbocycles. The van der Waals surface area contributed by atoms with Gasteiger partial charge in [-0.05, 0) is 19.4 Å². The van der Waals surface area contributed by atoms with E-state index in [0.717, 1.165) is 29.2 Å². The predicted octanol–water partition coefficient (Wildman–Crippen LogP) is 1.93. The van der Waals surface area contributed by atoms with Crippen molar-refractivity contribution < 1.29 is 29.0 Å². The molecule has 156 valence electrons. The number of hydrogen-bond acceptors (Lipinski definition) is 10. The maximum atomic E-state index is 12.3. The van der Waals surface area contributed by atoms with E-state index in [1.807, 2.05) is 0 Å². The van der Waals surface area contributed by atoms with Crippen molar-refractivity contribution in [2.24, 2.45) is 0 Å². The highest BCUT2D eigenvalue weighted by molar-refractivity contribution is 7.99. The van der Waals surface area contributed by atoms with E-state index >= 15 is 0 Å². The average molecular weight is 441 g/mol. The van der Waals surface area contributed by atoms with Crippen molar-refractivity contribution in [3.05, 3.63) is 32.4 Å². The molecule has 0 radical (unpaired) electrons. The van der Waals surface area contributed by atoms with E-state index in [4.69, 9.17) is 9.47 Å². The van der Waals surface area contributed by atoms with E-state index in [2.05, 4.69) is 15.3 Å². The van der Waals surface area contributed by atoms with Crippen molar-refractivity contribution >= 4 is 45.9 Å². The third kappa shape index (κ3) is 5.81. The van der Waals surface area contributed by atoms with E-state index in [9.17, 15) is 24.3 Å². The van der Waals surface area contributed by atoms with Gasteiger partial charge in [0.2, 0.25) is 11.8 Å². The number of nitrogens with zero attached hydrogens (tertiary/aromatic N) is 1. The fraction of sp³-hybridized carbons (Fsp3) is 0.353. The molecule has 0 saturated heterocycles. The molecule has 2 aromatic rings. The van der Waals surface area contributed by atoms with Gasteiger partial charge < -0.3 is 24.9 Å². The Labute approximate surface area is 173 Å².